The average molecular weight is 215 g/mol. The highest BCUT2D eigenvalue weighted by Crippen LogP contribution is 2.23. The van der Waals surface area contributed by atoms with Crippen LogP contribution in [0.15, 0.2) is 36.7 Å². The molecule has 3 nitrogen and oxygen atoms in total. The molecule has 2 aromatic rings. The molecule has 3 heteroatoms. The molecule has 0 bridgehead atoms. The second-order valence-electron chi connectivity index (χ2n) is 3.70. The molecule has 0 aliphatic carbocycles. The lowest BCUT2D eigenvalue weighted by molar-refractivity contribution is 0.217. The van der Waals surface area contributed by atoms with Crippen LogP contribution in [0.2, 0.25) is 0 Å². The van der Waals surface area contributed by atoms with Crippen molar-refractivity contribution in [2.45, 2.75) is 26.4 Å². The van der Waals surface area contributed by atoms with E-state index >= 15 is 0 Å². The van der Waals surface area contributed by atoms with Gasteiger partial charge in [-0.1, -0.05) is 19.1 Å². The van der Waals surface area contributed by atoms with Gasteiger partial charge >= 0.3 is 0 Å². The van der Waals surface area contributed by atoms with Crippen molar-refractivity contribution in [2.75, 3.05) is 0 Å². The van der Waals surface area contributed by atoms with Gasteiger partial charge in [0.15, 0.2) is 6.33 Å². The van der Waals surface area contributed by atoms with Gasteiger partial charge < -0.3 is 4.74 Å². The van der Waals surface area contributed by atoms with Gasteiger partial charge in [0, 0.05) is 12.4 Å². The predicted molar refractivity (Wildman–Crippen MR) is 62.8 cm³/mol. The summed E-state index contributed by atoms with van der Waals surface area (Å²) >= 11 is 0. The van der Waals surface area contributed by atoms with E-state index in [1.165, 1.54) is 0 Å². The Hall–Kier alpha value is -1.77. The summed E-state index contributed by atoms with van der Waals surface area (Å²) in [6.07, 6.45) is 7.64. The van der Waals surface area contributed by atoms with Crippen LogP contribution >= 0.6 is 0 Å². The highest BCUT2D eigenvalue weighted by Gasteiger charge is 2.07. The summed E-state index contributed by atoms with van der Waals surface area (Å²) in [6, 6.07) is 7.91. The summed E-state index contributed by atoms with van der Waals surface area (Å²) in [5.41, 5.74) is 0.973. The molecule has 0 fully saturated rings. The Morgan fingerprint density at radius 2 is 2.25 bits per heavy atom. The molecule has 1 radical (unpaired) electrons. The topological polar surface area (TPSA) is 27.1 Å². The number of rotatable bonds is 4. The summed E-state index contributed by atoms with van der Waals surface area (Å²) in [6.45, 7) is 4.17. The molecule has 0 saturated heterocycles. The highest BCUT2D eigenvalue weighted by atomic mass is 16.5. The first kappa shape index (κ1) is 10.7. The Kier molecular flexibility index (Phi) is 3.25. The van der Waals surface area contributed by atoms with E-state index < -0.39 is 0 Å². The van der Waals surface area contributed by atoms with Crippen molar-refractivity contribution in [1.82, 2.24) is 9.55 Å². The van der Waals surface area contributed by atoms with Crippen LogP contribution in [0, 0.1) is 6.33 Å². The third-order valence-electron chi connectivity index (χ3n) is 2.48. The van der Waals surface area contributed by atoms with E-state index in [1.54, 1.807) is 6.20 Å². The van der Waals surface area contributed by atoms with E-state index in [0.29, 0.717) is 0 Å². The Bertz CT molecular complexity index is 437. The lowest BCUT2D eigenvalue weighted by Crippen LogP contribution is -2.11. The van der Waals surface area contributed by atoms with Crippen LogP contribution in [0.25, 0.3) is 5.69 Å². The molecule has 1 atom stereocenters. The molecular weight excluding hydrogens is 200 g/mol. The van der Waals surface area contributed by atoms with Gasteiger partial charge in [0.1, 0.15) is 5.75 Å². The van der Waals surface area contributed by atoms with Gasteiger partial charge in [-0.05, 0) is 25.5 Å². The second-order valence-corrected chi connectivity index (χ2v) is 3.70. The van der Waals surface area contributed by atoms with Gasteiger partial charge in [0.25, 0.3) is 0 Å². The van der Waals surface area contributed by atoms with Crippen LogP contribution in [-0.4, -0.2) is 15.7 Å². The fourth-order valence-corrected chi connectivity index (χ4v) is 1.42. The van der Waals surface area contributed by atoms with Gasteiger partial charge in [-0.3, -0.25) is 4.57 Å². The minimum atomic E-state index is 0.213. The lowest BCUT2D eigenvalue weighted by atomic mass is 10.2. The summed E-state index contributed by atoms with van der Waals surface area (Å²) < 4.78 is 7.68. The Balaban J connectivity index is 2.31. The third-order valence-corrected chi connectivity index (χ3v) is 2.48. The zero-order valence-corrected chi connectivity index (χ0v) is 9.55. The molecule has 0 aliphatic heterocycles. The molecule has 0 aliphatic rings. The van der Waals surface area contributed by atoms with Crippen molar-refractivity contribution in [1.29, 1.82) is 0 Å². The second kappa shape index (κ2) is 4.84. The van der Waals surface area contributed by atoms with Gasteiger partial charge in [-0.15, -0.1) is 0 Å². The quantitative estimate of drug-likeness (QED) is 0.784. The number of imidazole rings is 1. The maximum absolute atomic E-state index is 5.85. The molecule has 0 amide bonds. The summed E-state index contributed by atoms with van der Waals surface area (Å²) in [4.78, 5) is 3.92. The number of aromatic nitrogens is 2. The van der Waals surface area contributed by atoms with Gasteiger partial charge in [-0.25, -0.2) is 4.98 Å². The zero-order chi connectivity index (χ0) is 11.4. The first-order valence-corrected chi connectivity index (χ1v) is 5.48. The van der Waals surface area contributed by atoms with Gasteiger partial charge in [0.05, 0.1) is 11.8 Å². The minimum Gasteiger partial charge on any atom is -0.489 e. The van der Waals surface area contributed by atoms with Crippen molar-refractivity contribution in [2.24, 2.45) is 0 Å². The first-order valence-electron chi connectivity index (χ1n) is 5.48. The predicted octanol–water partition coefficient (Wildman–Crippen LogP) is 2.85. The van der Waals surface area contributed by atoms with Crippen molar-refractivity contribution in [3.8, 4) is 11.4 Å². The van der Waals surface area contributed by atoms with E-state index in [0.717, 1.165) is 17.9 Å². The van der Waals surface area contributed by atoms with E-state index in [4.69, 9.17) is 4.74 Å². The highest BCUT2D eigenvalue weighted by molar-refractivity contribution is 5.46. The van der Waals surface area contributed by atoms with Crippen molar-refractivity contribution >= 4 is 0 Å². The largest absolute Gasteiger partial charge is 0.489 e. The SMILES string of the molecule is CCC(C)Oc1ccccc1-n1[c]ncc1. The normalized spacial score (nSPS) is 12.4. The van der Waals surface area contributed by atoms with Crippen LogP contribution in [0.5, 0.6) is 5.75 Å². The molecule has 0 spiro atoms. The van der Waals surface area contributed by atoms with E-state index in [-0.39, 0.29) is 6.10 Å². The molecule has 1 aromatic heterocycles. The number of para-hydroxylation sites is 2. The fourth-order valence-electron chi connectivity index (χ4n) is 1.42. The average Bonchev–Trinajstić information content (AvgIpc) is 2.83. The summed E-state index contributed by atoms with van der Waals surface area (Å²) in [7, 11) is 0. The van der Waals surface area contributed by atoms with Crippen molar-refractivity contribution in [3.05, 3.63) is 43.0 Å². The molecule has 16 heavy (non-hydrogen) atoms. The molecule has 83 valence electrons. The third kappa shape index (κ3) is 2.24. The van der Waals surface area contributed by atoms with Crippen LogP contribution in [-0.2, 0) is 0 Å². The number of nitrogens with zero attached hydrogens (tertiary/aromatic N) is 2. The lowest BCUT2D eigenvalue weighted by Gasteiger charge is -2.15. The number of hydrogen-bond acceptors (Lipinski definition) is 2. The standard InChI is InChI=1S/C13H15N2O/c1-3-11(2)16-13-7-5-4-6-12(13)15-9-8-14-10-15/h4-9,11H,3H2,1-2H3. The molecule has 0 saturated carbocycles. The van der Waals surface area contributed by atoms with E-state index in [1.807, 2.05) is 35.0 Å². The summed E-state index contributed by atoms with van der Waals surface area (Å²) in [5.74, 6) is 0.867. The van der Waals surface area contributed by atoms with Crippen LogP contribution < -0.4 is 4.74 Å². The molecular formula is C13H15N2O. The number of hydrogen-bond donors (Lipinski definition) is 0. The first-order chi connectivity index (χ1) is 7.81. The fraction of sp³-hybridized carbons (Fsp3) is 0.308. The minimum absolute atomic E-state index is 0.213. The van der Waals surface area contributed by atoms with Gasteiger partial charge in [0.2, 0.25) is 0 Å². The van der Waals surface area contributed by atoms with Crippen LogP contribution in [0.3, 0.4) is 0 Å². The van der Waals surface area contributed by atoms with Crippen molar-refractivity contribution in [3.63, 3.8) is 0 Å². The Morgan fingerprint density at radius 1 is 1.44 bits per heavy atom. The summed E-state index contributed by atoms with van der Waals surface area (Å²) in [5, 5.41) is 0. The van der Waals surface area contributed by atoms with E-state index in [9.17, 15) is 0 Å². The molecule has 2 rings (SSSR count). The van der Waals surface area contributed by atoms with Gasteiger partial charge in [-0.2, -0.15) is 0 Å². The van der Waals surface area contributed by atoms with Crippen molar-refractivity contribution < 1.29 is 4.74 Å². The Morgan fingerprint density at radius 3 is 2.94 bits per heavy atom. The number of benzene rings is 1. The zero-order valence-electron chi connectivity index (χ0n) is 9.55. The number of ether oxygens (including phenoxy) is 1. The molecule has 1 aromatic carbocycles. The molecule has 0 N–H and O–H groups in total. The monoisotopic (exact) mass is 215 g/mol. The van der Waals surface area contributed by atoms with Crippen LogP contribution in [0.1, 0.15) is 20.3 Å². The maximum atomic E-state index is 5.85. The Labute approximate surface area is 95.7 Å². The van der Waals surface area contributed by atoms with Crippen LogP contribution in [0.4, 0.5) is 0 Å². The molecule has 1 unspecified atom stereocenters. The smallest absolute Gasteiger partial charge is 0.181 e. The van der Waals surface area contributed by atoms with E-state index in [2.05, 4.69) is 25.2 Å². The maximum Gasteiger partial charge on any atom is 0.181 e. The molecule has 1 heterocycles.